The Hall–Kier alpha value is -3.15. The minimum atomic E-state index is -0.993. The molecule has 1 aromatic carbocycles. The smallest absolute Gasteiger partial charge is 0.347 e. The highest BCUT2D eigenvalue weighted by Gasteiger charge is 2.26. The van der Waals surface area contributed by atoms with Crippen LogP contribution >= 0.6 is 11.3 Å². The number of hydrogen-bond donors (Lipinski definition) is 3. The Bertz CT molecular complexity index is 1190. The summed E-state index contributed by atoms with van der Waals surface area (Å²) in [4.78, 5) is 30.2. The van der Waals surface area contributed by atoms with Crippen LogP contribution in [0, 0.1) is 12.7 Å². The minimum absolute atomic E-state index is 0.202. The molecule has 0 spiro atoms. The van der Waals surface area contributed by atoms with Crippen LogP contribution in [-0.4, -0.2) is 63.7 Å². The van der Waals surface area contributed by atoms with Gasteiger partial charge in [-0.2, -0.15) is 4.98 Å². The van der Waals surface area contributed by atoms with Crippen molar-refractivity contribution in [2.45, 2.75) is 26.4 Å². The zero-order valence-corrected chi connectivity index (χ0v) is 19.7. The van der Waals surface area contributed by atoms with Crippen LogP contribution in [0.5, 0.6) is 0 Å². The Morgan fingerprint density at radius 1 is 1.18 bits per heavy atom. The van der Waals surface area contributed by atoms with Gasteiger partial charge in [0.05, 0.1) is 11.4 Å². The number of anilines is 3. The van der Waals surface area contributed by atoms with Crippen LogP contribution in [0.15, 0.2) is 24.3 Å². The third kappa shape index (κ3) is 4.86. The third-order valence-electron chi connectivity index (χ3n) is 6.07. The second-order valence-corrected chi connectivity index (χ2v) is 9.48. The first kappa shape index (κ1) is 22.6. The van der Waals surface area contributed by atoms with Gasteiger partial charge in [-0.15, -0.1) is 0 Å². The van der Waals surface area contributed by atoms with Crippen LogP contribution in [0.2, 0.25) is 0 Å². The summed E-state index contributed by atoms with van der Waals surface area (Å²) < 4.78 is 13.3. The molecule has 0 atom stereocenters. The first-order chi connectivity index (χ1) is 16.5. The summed E-state index contributed by atoms with van der Waals surface area (Å²) in [6.07, 6.45) is 0.829. The monoisotopic (exact) mass is 483 g/mol. The first-order valence-electron chi connectivity index (χ1n) is 11.3. The number of carbonyl (C=O) groups is 1. The van der Waals surface area contributed by atoms with Crippen molar-refractivity contribution < 1.29 is 14.3 Å². The van der Waals surface area contributed by atoms with E-state index in [0.29, 0.717) is 29.9 Å². The van der Waals surface area contributed by atoms with Crippen LogP contribution < -0.4 is 15.5 Å². The average molecular weight is 484 g/mol. The highest BCUT2D eigenvalue weighted by Crippen LogP contribution is 2.31. The van der Waals surface area contributed by atoms with E-state index in [0.717, 1.165) is 73.1 Å². The normalized spacial score (nSPS) is 16.4. The number of aromatic carboxylic acids is 1. The molecule has 178 valence electrons. The van der Waals surface area contributed by atoms with Crippen molar-refractivity contribution in [1.29, 1.82) is 0 Å². The van der Waals surface area contributed by atoms with Gasteiger partial charge in [-0.1, -0.05) is 23.5 Å². The summed E-state index contributed by atoms with van der Waals surface area (Å²) in [5.74, 6) is 0.122. The van der Waals surface area contributed by atoms with Crippen LogP contribution in [0.4, 0.5) is 21.3 Å². The van der Waals surface area contributed by atoms with Gasteiger partial charge in [0.1, 0.15) is 16.5 Å². The lowest BCUT2D eigenvalue weighted by Crippen LogP contribution is -2.45. The number of nitrogens with one attached hydrogen (secondary N) is 2. The molecule has 4 heterocycles. The van der Waals surface area contributed by atoms with Crippen LogP contribution in [-0.2, 0) is 19.5 Å². The quantitative estimate of drug-likeness (QED) is 0.488. The van der Waals surface area contributed by atoms with Crippen molar-refractivity contribution in [2.75, 3.05) is 42.9 Å². The summed E-state index contributed by atoms with van der Waals surface area (Å²) in [5, 5.41) is 16.3. The van der Waals surface area contributed by atoms with Crippen molar-refractivity contribution in [3.63, 3.8) is 0 Å². The molecule has 3 N–H and O–H groups in total. The van der Waals surface area contributed by atoms with Crippen molar-refractivity contribution >= 4 is 34.2 Å². The molecule has 2 aromatic heterocycles. The second-order valence-electron chi connectivity index (χ2n) is 8.48. The highest BCUT2D eigenvalue weighted by molar-refractivity contribution is 7.17. The van der Waals surface area contributed by atoms with Crippen LogP contribution in [0.25, 0.3) is 0 Å². The van der Waals surface area contributed by atoms with Gasteiger partial charge in [-0.3, -0.25) is 10.2 Å². The maximum atomic E-state index is 13.3. The lowest BCUT2D eigenvalue weighted by atomic mass is 10.0. The number of hydrogen-bond acceptors (Lipinski definition) is 9. The molecule has 1 fully saturated rings. The number of fused-ring (bicyclic) bond motifs is 1. The molecular weight excluding hydrogens is 457 g/mol. The molecule has 0 unspecified atom stereocenters. The molecule has 0 amide bonds. The predicted molar refractivity (Wildman–Crippen MR) is 128 cm³/mol. The average Bonchev–Trinajstić information content (AvgIpc) is 3.20. The Morgan fingerprint density at radius 3 is 2.65 bits per heavy atom. The summed E-state index contributed by atoms with van der Waals surface area (Å²) in [5.41, 5.74) is 3.63. The molecule has 5 rings (SSSR count). The van der Waals surface area contributed by atoms with E-state index in [-0.39, 0.29) is 10.7 Å². The molecule has 1 saturated heterocycles. The van der Waals surface area contributed by atoms with E-state index in [1.54, 1.807) is 6.92 Å². The Balaban J connectivity index is 1.44. The Morgan fingerprint density at radius 2 is 1.94 bits per heavy atom. The van der Waals surface area contributed by atoms with Gasteiger partial charge in [0.2, 0.25) is 5.95 Å². The summed E-state index contributed by atoms with van der Waals surface area (Å²) in [7, 11) is 0. The molecule has 0 saturated carbocycles. The predicted octanol–water partition coefficient (Wildman–Crippen LogP) is 2.79. The molecule has 34 heavy (non-hydrogen) atoms. The van der Waals surface area contributed by atoms with Gasteiger partial charge in [0.15, 0.2) is 5.13 Å². The highest BCUT2D eigenvalue weighted by atomic mass is 32.1. The van der Waals surface area contributed by atoms with Crippen LogP contribution in [0.1, 0.15) is 32.2 Å². The number of thiazole rings is 1. The number of carboxylic acids is 1. The molecular formula is C23H26FN7O2S. The Labute approximate surface area is 200 Å². The van der Waals surface area contributed by atoms with Gasteiger partial charge in [0.25, 0.3) is 0 Å². The molecule has 2 aliphatic rings. The number of aromatic nitrogens is 3. The maximum absolute atomic E-state index is 13.3. The minimum Gasteiger partial charge on any atom is -0.477 e. The lowest BCUT2D eigenvalue weighted by molar-refractivity contribution is 0.0701. The van der Waals surface area contributed by atoms with Crippen molar-refractivity contribution in [1.82, 2.24) is 25.2 Å². The maximum Gasteiger partial charge on any atom is 0.347 e. The van der Waals surface area contributed by atoms with Gasteiger partial charge in [0, 0.05) is 51.4 Å². The fourth-order valence-electron chi connectivity index (χ4n) is 4.39. The van der Waals surface area contributed by atoms with Gasteiger partial charge >= 0.3 is 5.97 Å². The lowest BCUT2D eigenvalue weighted by Gasteiger charge is -2.34. The van der Waals surface area contributed by atoms with Gasteiger partial charge in [-0.05, 0) is 31.0 Å². The van der Waals surface area contributed by atoms with Crippen molar-refractivity contribution in [3.8, 4) is 0 Å². The van der Waals surface area contributed by atoms with E-state index in [1.807, 2.05) is 12.1 Å². The molecule has 2 aliphatic heterocycles. The molecule has 3 aromatic rings. The number of rotatable bonds is 6. The Kier molecular flexibility index (Phi) is 6.40. The summed E-state index contributed by atoms with van der Waals surface area (Å²) >= 11 is 1.08. The van der Waals surface area contributed by atoms with E-state index in [9.17, 15) is 14.3 Å². The zero-order chi connectivity index (χ0) is 23.7. The van der Waals surface area contributed by atoms with E-state index >= 15 is 0 Å². The fourth-order valence-corrected chi connectivity index (χ4v) is 5.18. The third-order valence-corrected chi connectivity index (χ3v) is 7.13. The van der Waals surface area contributed by atoms with Gasteiger partial charge < -0.3 is 15.3 Å². The van der Waals surface area contributed by atoms with Gasteiger partial charge in [-0.25, -0.2) is 19.2 Å². The molecule has 11 heteroatoms. The molecule has 0 aliphatic carbocycles. The van der Waals surface area contributed by atoms with E-state index < -0.39 is 5.97 Å². The largest absolute Gasteiger partial charge is 0.477 e. The molecule has 9 nitrogen and oxygen atoms in total. The first-order valence-corrected chi connectivity index (χ1v) is 12.1. The van der Waals surface area contributed by atoms with E-state index in [1.165, 1.54) is 12.1 Å². The number of carboxylic acid groups (broad SMARTS) is 1. The summed E-state index contributed by atoms with van der Waals surface area (Å²) in [6.45, 7) is 7.43. The number of benzene rings is 1. The van der Waals surface area contributed by atoms with Crippen molar-refractivity contribution in [3.05, 3.63) is 57.5 Å². The van der Waals surface area contributed by atoms with Crippen LogP contribution in [0.3, 0.4) is 0 Å². The van der Waals surface area contributed by atoms with E-state index in [4.69, 9.17) is 9.97 Å². The molecule has 0 bridgehead atoms. The SMILES string of the molecule is Cc1nc(Nc2nc3c(c(N4CCNCC4)n2)CCN(Cc2ccc(F)cc2)C3)sc1C(=O)O. The number of nitrogens with zero attached hydrogens (tertiary/aromatic N) is 5. The topological polar surface area (TPSA) is 107 Å². The second kappa shape index (κ2) is 9.61. The fraction of sp³-hybridized carbons (Fsp3) is 0.391. The van der Waals surface area contributed by atoms with E-state index in [2.05, 4.69) is 25.4 Å². The number of halogens is 1. The number of aryl methyl sites for hydroxylation is 1. The number of piperazine rings is 1. The zero-order valence-electron chi connectivity index (χ0n) is 18.8. The molecule has 0 radical (unpaired) electrons. The van der Waals surface area contributed by atoms with Crippen molar-refractivity contribution in [2.24, 2.45) is 0 Å². The summed E-state index contributed by atoms with van der Waals surface area (Å²) in [6, 6.07) is 6.60. The standard InChI is InChI=1S/C23H26FN7O2S/c1-14-19(21(32)33)34-23(26-14)29-22-27-18-13-30(12-15-2-4-16(24)5-3-15)9-6-17(18)20(28-22)31-10-7-25-8-11-31/h2-5,25H,6-13H2,1H3,(H,32,33)(H,26,27,28,29).